The molecule has 0 aliphatic heterocycles. The van der Waals surface area contributed by atoms with Crippen molar-refractivity contribution >= 4 is 12.0 Å². The van der Waals surface area contributed by atoms with E-state index in [2.05, 4.69) is 4.98 Å². The van der Waals surface area contributed by atoms with Crippen LogP contribution < -0.4 is 0 Å². The summed E-state index contributed by atoms with van der Waals surface area (Å²) in [6.45, 7) is 3.71. The molecule has 1 aromatic rings. The van der Waals surface area contributed by atoms with Gasteiger partial charge >= 0.3 is 12.1 Å². The van der Waals surface area contributed by atoms with E-state index in [4.69, 9.17) is 5.11 Å². The molecule has 19 heavy (non-hydrogen) atoms. The lowest BCUT2D eigenvalue weighted by Crippen LogP contribution is -2.11. The van der Waals surface area contributed by atoms with Gasteiger partial charge in [0.25, 0.3) is 0 Å². The van der Waals surface area contributed by atoms with Crippen LogP contribution in [0.5, 0.6) is 0 Å². The van der Waals surface area contributed by atoms with Crippen molar-refractivity contribution in [3.63, 3.8) is 0 Å². The highest BCUT2D eigenvalue weighted by atomic mass is 19.4. The third-order valence-electron chi connectivity index (χ3n) is 2.31. The number of carboxylic acids is 1. The molecule has 0 atom stereocenters. The van der Waals surface area contributed by atoms with Crippen LogP contribution in [-0.4, -0.2) is 16.1 Å². The molecule has 6 heteroatoms. The molecule has 1 aromatic heterocycles. The normalized spacial score (nSPS) is 12.3. The zero-order chi connectivity index (χ0) is 14.6. The number of alkyl halides is 3. The van der Waals surface area contributed by atoms with Gasteiger partial charge in [0.2, 0.25) is 0 Å². The van der Waals surface area contributed by atoms with Gasteiger partial charge in [-0.2, -0.15) is 13.2 Å². The molecular weight excluding hydrogens is 259 g/mol. The molecule has 1 N–H and O–H groups in total. The molecule has 1 rings (SSSR count). The summed E-state index contributed by atoms with van der Waals surface area (Å²) in [5.74, 6) is -1.04. The van der Waals surface area contributed by atoms with Crippen molar-refractivity contribution in [3.8, 4) is 0 Å². The summed E-state index contributed by atoms with van der Waals surface area (Å²) in [5.41, 5.74) is -0.318. The topological polar surface area (TPSA) is 50.2 Å². The molecule has 0 bridgehead atoms. The first-order valence-corrected chi connectivity index (χ1v) is 5.68. The molecule has 1 heterocycles. The van der Waals surface area contributed by atoms with Crippen molar-refractivity contribution in [1.82, 2.24) is 4.98 Å². The van der Waals surface area contributed by atoms with Crippen LogP contribution in [0.25, 0.3) is 6.08 Å². The minimum absolute atomic E-state index is 0.118. The Bertz CT molecular complexity index is 493. The minimum atomic E-state index is -4.50. The molecule has 0 saturated heterocycles. The molecule has 0 radical (unpaired) electrons. The van der Waals surface area contributed by atoms with Crippen LogP contribution >= 0.6 is 0 Å². The number of nitrogens with zero attached hydrogens (tertiary/aromatic N) is 1. The maximum Gasteiger partial charge on any atom is 0.433 e. The number of halogens is 3. The second-order valence-electron chi connectivity index (χ2n) is 4.50. The first-order chi connectivity index (χ1) is 8.70. The van der Waals surface area contributed by atoms with Crippen LogP contribution in [-0.2, 0) is 17.4 Å². The predicted molar refractivity (Wildman–Crippen MR) is 64.5 cm³/mol. The van der Waals surface area contributed by atoms with Crippen molar-refractivity contribution in [2.75, 3.05) is 0 Å². The van der Waals surface area contributed by atoms with Gasteiger partial charge in [-0.05, 0) is 30.0 Å². The summed E-state index contributed by atoms with van der Waals surface area (Å²) >= 11 is 0. The average molecular weight is 273 g/mol. The van der Waals surface area contributed by atoms with E-state index in [1.165, 1.54) is 12.1 Å². The van der Waals surface area contributed by atoms with Crippen molar-refractivity contribution < 1.29 is 23.1 Å². The molecule has 0 aliphatic rings. The Hall–Kier alpha value is -1.85. The van der Waals surface area contributed by atoms with Crippen LogP contribution in [0.1, 0.15) is 30.8 Å². The Morgan fingerprint density at radius 2 is 2.05 bits per heavy atom. The van der Waals surface area contributed by atoms with Crippen molar-refractivity contribution in [3.05, 3.63) is 35.2 Å². The summed E-state index contributed by atoms with van der Waals surface area (Å²) in [6.07, 6.45) is -2.01. The van der Waals surface area contributed by atoms with Gasteiger partial charge in [0.15, 0.2) is 0 Å². The summed E-state index contributed by atoms with van der Waals surface area (Å²) in [7, 11) is 0. The van der Waals surface area contributed by atoms with Gasteiger partial charge in [0.1, 0.15) is 5.69 Å². The van der Waals surface area contributed by atoms with Gasteiger partial charge in [-0.3, -0.25) is 0 Å². The fourth-order valence-corrected chi connectivity index (χ4v) is 1.53. The van der Waals surface area contributed by atoms with Gasteiger partial charge in [-0.15, -0.1) is 0 Å². The molecule has 0 spiro atoms. The molecular formula is C13H14F3NO2. The van der Waals surface area contributed by atoms with Gasteiger partial charge in [0, 0.05) is 11.8 Å². The summed E-state index contributed by atoms with van der Waals surface area (Å²) < 4.78 is 37.7. The molecule has 0 amide bonds. The first-order valence-electron chi connectivity index (χ1n) is 5.68. The van der Waals surface area contributed by atoms with E-state index in [0.29, 0.717) is 12.0 Å². The number of pyridine rings is 1. The zero-order valence-electron chi connectivity index (χ0n) is 10.5. The maximum atomic E-state index is 12.6. The average Bonchev–Trinajstić information content (AvgIpc) is 2.25. The van der Waals surface area contributed by atoms with E-state index in [0.717, 1.165) is 12.1 Å². The van der Waals surface area contributed by atoms with Crippen molar-refractivity contribution in [2.45, 2.75) is 26.4 Å². The summed E-state index contributed by atoms with van der Waals surface area (Å²) in [6, 6.07) is 2.10. The van der Waals surface area contributed by atoms with E-state index in [1.807, 2.05) is 13.8 Å². The van der Waals surface area contributed by atoms with Crippen molar-refractivity contribution in [1.29, 1.82) is 0 Å². The molecule has 0 aromatic carbocycles. The van der Waals surface area contributed by atoms with E-state index >= 15 is 0 Å². The van der Waals surface area contributed by atoms with Gasteiger partial charge in [-0.25, -0.2) is 9.78 Å². The van der Waals surface area contributed by atoms with E-state index in [9.17, 15) is 18.0 Å². The number of aromatic nitrogens is 1. The SMILES string of the molecule is CC(C)Cc1nc(C(F)(F)F)ccc1C=CC(=O)O. The number of hydrogen-bond acceptors (Lipinski definition) is 2. The lowest BCUT2D eigenvalue weighted by molar-refractivity contribution is -0.141. The van der Waals surface area contributed by atoms with E-state index < -0.39 is 17.8 Å². The molecule has 0 unspecified atom stereocenters. The van der Waals surface area contributed by atoms with Crippen molar-refractivity contribution in [2.24, 2.45) is 5.92 Å². The number of rotatable bonds is 4. The Kier molecular flexibility index (Phi) is 4.69. The first kappa shape index (κ1) is 15.2. The summed E-state index contributed by atoms with van der Waals surface area (Å²) in [4.78, 5) is 14.0. The highest BCUT2D eigenvalue weighted by Crippen LogP contribution is 2.29. The largest absolute Gasteiger partial charge is 0.478 e. The highest BCUT2D eigenvalue weighted by molar-refractivity contribution is 5.85. The molecule has 0 fully saturated rings. The van der Waals surface area contributed by atoms with Crippen LogP contribution in [0.2, 0.25) is 0 Å². The predicted octanol–water partition coefficient (Wildman–Crippen LogP) is 3.40. The highest BCUT2D eigenvalue weighted by Gasteiger charge is 2.32. The fourth-order valence-electron chi connectivity index (χ4n) is 1.53. The zero-order valence-corrected chi connectivity index (χ0v) is 10.5. The molecule has 104 valence electrons. The lowest BCUT2D eigenvalue weighted by atomic mass is 10.0. The second-order valence-corrected chi connectivity index (χ2v) is 4.50. The fraction of sp³-hybridized carbons (Fsp3) is 0.385. The van der Waals surface area contributed by atoms with E-state index in [1.54, 1.807) is 0 Å². The third-order valence-corrected chi connectivity index (χ3v) is 2.31. The van der Waals surface area contributed by atoms with Crippen LogP contribution in [0.3, 0.4) is 0 Å². The lowest BCUT2D eigenvalue weighted by Gasteiger charge is -2.12. The molecule has 0 aliphatic carbocycles. The third kappa shape index (κ3) is 4.73. The van der Waals surface area contributed by atoms with Gasteiger partial charge in [0.05, 0.1) is 0 Å². The van der Waals surface area contributed by atoms with Crippen LogP contribution in [0.15, 0.2) is 18.2 Å². The molecule has 3 nitrogen and oxygen atoms in total. The number of hydrogen-bond donors (Lipinski definition) is 1. The van der Waals surface area contributed by atoms with E-state index in [-0.39, 0.29) is 11.6 Å². The standard InChI is InChI=1S/C13H14F3NO2/c1-8(2)7-10-9(4-6-12(18)19)3-5-11(17-10)13(14,15)16/h3-6,8H,7H2,1-2H3,(H,18,19). The second kappa shape index (κ2) is 5.86. The van der Waals surface area contributed by atoms with Crippen LogP contribution in [0.4, 0.5) is 13.2 Å². The Morgan fingerprint density at radius 1 is 1.42 bits per heavy atom. The molecule has 0 saturated carbocycles. The quantitative estimate of drug-likeness (QED) is 0.855. The number of carboxylic acid groups (broad SMARTS) is 1. The van der Waals surface area contributed by atoms with Crippen LogP contribution in [0, 0.1) is 5.92 Å². The number of carbonyl (C=O) groups is 1. The van der Waals surface area contributed by atoms with Gasteiger partial charge in [-0.1, -0.05) is 19.9 Å². The summed E-state index contributed by atoms with van der Waals surface area (Å²) in [5, 5.41) is 8.54. The van der Waals surface area contributed by atoms with Gasteiger partial charge < -0.3 is 5.11 Å². The minimum Gasteiger partial charge on any atom is -0.478 e. The Morgan fingerprint density at radius 3 is 2.53 bits per heavy atom. The Labute approximate surface area is 108 Å². The smallest absolute Gasteiger partial charge is 0.433 e. The monoisotopic (exact) mass is 273 g/mol. The maximum absolute atomic E-state index is 12.6. The Balaban J connectivity index is 3.20. The number of aliphatic carboxylic acids is 1.